The first-order valence-corrected chi connectivity index (χ1v) is 7.50. The quantitative estimate of drug-likeness (QED) is 0.828. The van der Waals surface area contributed by atoms with Crippen LogP contribution in [-0.2, 0) is 11.2 Å². The summed E-state index contributed by atoms with van der Waals surface area (Å²) in [5.41, 5.74) is 1.64. The zero-order chi connectivity index (χ0) is 16.4. The zero-order valence-corrected chi connectivity index (χ0v) is 12.8. The molecule has 0 unspecified atom stereocenters. The molecule has 2 N–H and O–H groups in total. The van der Waals surface area contributed by atoms with Crippen LogP contribution in [0.15, 0.2) is 48.5 Å². The fourth-order valence-electron chi connectivity index (χ4n) is 3.04. The van der Waals surface area contributed by atoms with Gasteiger partial charge in [0.1, 0.15) is 11.5 Å². The molecule has 1 fully saturated rings. The molecule has 120 valence electrons. The van der Waals surface area contributed by atoms with Crippen LogP contribution in [0.4, 0.5) is 5.69 Å². The summed E-state index contributed by atoms with van der Waals surface area (Å²) in [7, 11) is 1.59. The van der Waals surface area contributed by atoms with Crippen LogP contribution >= 0.6 is 0 Å². The number of phenols is 1. The summed E-state index contributed by atoms with van der Waals surface area (Å²) in [6.45, 7) is -0.0960. The molecule has 2 atom stereocenters. The van der Waals surface area contributed by atoms with Gasteiger partial charge in [-0.1, -0.05) is 12.1 Å². The number of benzene rings is 2. The number of hydrogen-bond acceptors (Lipinski definition) is 4. The Balaban J connectivity index is 1.76. The van der Waals surface area contributed by atoms with E-state index >= 15 is 0 Å². The van der Waals surface area contributed by atoms with Gasteiger partial charge in [0.05, 0.1) is 25.7 Å². The van der Waals surface area contributed by atoms with Gasteiger partial charge in [-0.15, -0.1) is 0 Å². The predicted octanol–water partition coefficient (Wildman–Crippen LogP) is 1.97. The Hall–Kier alpha value is -2.53. The molecule has 0 aliphatic carbocycles. The Labute approximate surface area is 134 Å². The van der Waals surface area contributed by atoms with Crippen LogP contribution in [0.1, 0.15) is 5.56 Å². The van der Waals surface area contributed by atoms with E-state index in [1.165, 1.54) is 0 Å². The summed E-state index contributed by atoms with van der Waals surface area (Å²) in [6.07, 6.45) is 0.505. The highest BCUT2D eigenvalue weighted by Crippen LogP contribution is 2.35. The third-order valence-electron chi connectivity index (χ3n) is 4.25. The maximum atomic E-state index is 12.5. The maximum absolute atomic E-state index is 12.5. The number of phenolic OH excluding ortho intramolecular Hbond substituents is 1. The minimum atomic E-state index is -0.274. The van der Waals surface area contributed by atoms with Crippen molar-refractivity contribution in [2.45, 2.75) is 12.5 Å². The van der Waals surface area contributed by atoms with Crippen molar-refractivity contribution < 1.29 is 19.7 Å². The molecule has 5 nitrogen and oxygen atoms in total. The highest BCUT2D eigenvalue weighted by atomic mass is 16.5. The molecule has 5 heteroatoms. The van der Waals surface area contributed by atoms with E-state index < -0.39 is 0 Å². The second kappa shape index (κ2) is 6.30. The van der Waals surface area contributed by atoms with Crippen molar-refractivity contribution >= 4 is 11.6 Å². The van der Waals surface area contributed by atoms with E-state index in [9.17, 15) is 15.0 Å². The van der Waals surface area contributed by atoms with Gasteiger partial charge in [-0.3, -0.25) is 4.79 Å². The monoisotopic (exact) mass is 313 g/mol. The van der Waals surface area contributed by atoms with Crippen molar-refractivity contribution in [2.24, 2.45) is 5.92 Å². The lowest BCUT2D eigenvalue weighted by Crippen LogP contribution is -2.63. The number of aromatic hydroxyl groups is 1. The molecule has 1 heterocycles. The Bertz CT molecular complexity index is 698. The van der Waals surface area contributed by atoms with Crippen LogP contribution in [-0.4, -0.2) is 35.9 Å². The van der Waals surface area contributed by atoms with Gasteiger partial charge in [0.25, 0.3) is 0 Å². The number of aliphatic hydroxyl groups is 1. The van der Waals surface area contributed by atoms with Gasteiger partial charge in [-0.25, -0.2) is 0 Å². The summed E-state index contributed by atoms with van der Waals surface area (Å²) in [4.78, 5) is 14.1. The fourth-order valence-corrected chi connectivity index (χ4v) is 3.04. The second-order valence-corrected chi connectivity index (χ2v) is 5.64. The third kappa shape index (κ3) is 2.87. The molecule has 0 aromatic heterocycles. The number of nitrogens with zero attached hydrogens (tertiary/aromatic N) is 1. The molecule has 3 rings (SSSR count). The van der Waals surface area contributed by atoms with E-state index in [2.05, 4.69) is 0 Å². The number of carbonyl (C=O) groups is 1. The number of amides is 1. The zero-order valence-electron chi connectivity index (χ0n) is 12.8. The minimum Gasteiger partial charge on any atom is -0.508 e. The first-order chi connectivity index (χ1) is 11.1. The van der Waals surface area contributed by atoms with E-state index in [4.69, 9.17) is 4.74 Å². The molecule has 23 heavy (non-hydrogen) atoms. The van der Waals surface area contributed by atoms with Gasteiger partial charge in [0, 0.05) is 5.69 Å². The van der Waals surface area contributed by atoms with Crippen molar-refractivity contribution in [3.8, 4) is 11.5 Å². The first kappa shape index (κ1) is 15.4. The van der Waals surface area contributed by atoms with E-state index in [1.807, 2.05) is 18.2 Å². The number of aliphatic hydroxyl groups excluding tert-OH is 1. The number of carbonyl (C=O) groups excluding carboxylic acids is 1. The SMILES string of the molecule is COc1ccc(N2C(=O)[C@@H](Cc3cccc(O)c3)[C@H]2CO)cc1. The molecular formula is C18H19NO4. The molecule has 0 radical (unpaired) electrons. The van der Waals surface area contributed by atoms with E-state index in [1.54, 1.807) is 42.3 Å². The smallest absolute Gasteiger partial charge is 0.232 e. The lowest BCUT2D eigenvalue weighted by Gasteiger charge is -2.46. The summed E-state index contributed by atoms with van der Waals surface area (Å²) in [6, 6.07) is 13.8. The molecule has 1 aliphatic rings. The minimum absolute atomic E-state index is 0.0161. The normalized spacial score (nSPS) is 20.3. The van der Waals surface area contributed by atoms with Crippen molar-refractivity contribution in [3.05, 3.63) is 54.1 Å². The van der Waals surface area contributed by atoms with Gasteiger partial charge < -0.3 is 19.8 Å². The Morgan fingerprint density at radius 3 is 2.52 bits per heavy atom. The average Bonchev–Trinajstić information content (AvgIpc) is 2.57. The lowest BCUT2D eigenvalue weighted by atomic mass is 9.82. The number of hydrogen-bond donors (Lipinski definition) is 2. The van der Waals surface area contributed by atoms with Crippen LogP contribution in [0.3, 0.4) is 0 Å². The van der Waals surface area contributed by atoms with Crippen LogP contribution in [0.25, 0.3) is 0 Å². The van der Waals surface area contributed by atoms with Gasteiger partial charge in [-0.05, 0) is 48.4 Å². The molecule has 1 aliphatic heterocycles. The predicted molar refractivity (Wildman–Crippen MR) is 86.7 cm³/mol. The topological polar surface area (TPSA) is 70.0 Å². The Kier molecular flexibility index (Phi) is 4.21. The van der Waals surface area contributed by atoms with Crippen LogP contribution in [0.5, 0.6) is 11.5 Å². The van der Waals surface area contributed by atoms with Crippen molar-refractivity contribution in [2.75, 3.05) is 18.6 Å². The van der Waals surface area contributed by atoms with Crippen LogP contribution in [0, 0.1) is 5.92 Å². The Morgan fingerprint density at radius 2 is 1.91 bits per heavy atom. The van der Waals surface area contributed by atoms with E-state index in [0.717, 1.165) is 17.0 Å². The third-order valence-corrected chi connectivity index (χ3v) is 4.25. The molecule has 0 spiro atoms. The van der Waals surface area contributed by atoms with Crippen molar-refractivity contribution in [1.29, 1.82) is 0 Å². The number of rotatable bonds is 5. The standard InChI is InChI=1S/C18H19NO4/c1-23-15-7-5-13(6-8-15)19-17(11-20)16(18(19)22)10-12-3-2-4-14(21)9-12/h2-9,16-17,20-21H,10-11H2,1H3/t16-,17+/m0/s1. The fraction of sp³-hybridized carbons (Fsp3) is 0.278. The second-order valence-electron chi connectivity index (χ2n) is 5.64. The van der Waals surface area contributed by atoms with Gasteiger partial charge >= 0.3 is 0 Å². The maximum Gasteiger partial charge on any atom is 0.232 e. The van der Waals surface area contributed by atoms with E-state index in [-0.39, 0.29) is 30.2 Å². The molecule has 0 saturated carbocycles. The average molecular weight is 313 g/mol. The summed E-state index contributed by atoms with van der Waals surface area (Å²) in [5.74, 6) is 0.613. The largest absolute Gasteiger partial charge is 0.508 e. The van der Waals surface area contributed by atoms with Gasteiger partial charge in [-0.2, -0.15) is 0 Å². The van der Waals surface area contributed by atoms with E-state index in [0.29, 0.717) is 6.42 Å². The summed E-state index contributed by atoms with van der Waals surface area (Å²) >= 11 is 0. The number of anilines is 1. The molecular weight excluding hydrogens is 294 g/mol. The van der Waals surface area contributed by atoms with Crippen molar-refractivity contribution in [1.82, 2.24) is 0 Å². The van der Waals surface area contributed by atoms with Crippen LogP contribution in [0.2, 0.25) is 0 Å². The first-order valence-electron chi connectivity index (χ1n) is 7.50. The van der Waals surface area contributed by atoms with Crippen molar-refractivity contribution in [3.63, 3.8) is 0 Å². The van der Waals surface area contributed by atoms with Crippen LogP contribution < -0.4 is 9.64 Å². The molecule has 0 bridgehead atoms. The molecule has 2 aromatic carbocycles. The molecule has 1 saturated heterocycles. The number of methoxy groups -OCH3 is 1. The number of ether oxygens (including phenoxy) is 1. The summed E-state index contributed by atoms with van der Waals surface area (Å²) < 4.78 is 5.12. The number of β-lactam (4-membered cyclic amide) rings is 1. The highest BCUT2D eigenvalue weighted by molar-refractivity contribution is 6.03. The highest BCUT2D eigenvalue weighted by Gasteiger charge is 2.47. The van der Waals surface area contributed by atoms with Gasteiger partial charge in [0.15, 0.2) is 0 Å². The molecule has 1 amide bonds. The summed E-state index contributed by atoms with van der Waals surface area (Å²) in [5, 5.41) is 19.2. The molecule has 2 aromatic rings. The lowest BCUT2D eigenvalue weighted by molar-refractivity contribution is -0.131. The van der Waals surface area contributed by atoms with Gasteiger partial charge in [0.2, 0.25) is 5.91 Å². The Morgan fingerprint density at radius 1 is 1.17 bits per heavy atom.